The van der Waals surface area contributed by atoms with Gasteiger partial charge in [0.05, 0.1) is 9.82 Å². The number of hydrogen-bond acceptors (Lipinski definition) is 5. The van der Waals surface area contributed by atoms with Crippen LogP contribution in [-0.2, 0) is 10.0 Å². The summed E-state index contributed by atoms with van der Waals surface area (Å²) in [5.74, 6) is 0. The summed E-state index contributed by atoms with van der Waals surface area (Å²) in [4.78, 5) is 10.3. The molecular weight excluding hydrogens is 318 g/mol. The van der Waals surface area contributed by atoms with Crippen LogP contribution in [0.5, 0.6) is 0 Å². The lowest BCUT2D eigenvalue weighted by Crippen LogP contribution is -2.32. The molecule has 0 aliphatic carbocycles. The Morgan fingerprint density at radius 2 is 2.00 bits per heavy atom. The predicted octanol–water partition coefficient (Wildman–Crippen LogP) is 1.36. The Labute approximate surface area is 129 Å². The number of nitrogens with zero attached hydrogens (tertiary/aromatic N) is 2. The van der Waals surface area contributed by atoms with Crippen molar-refractivity contribution in [1.82, 2.24) is 4.31 Å². The first-order valence-electron chi connectivity index (χ1n) is 6.25. The Morgan fingerprint density at radius 3 is 2.48 bits per heavy atom. The first-order valence-corrected chi connectivity index (χ1v) is 7.69. The highest BCUT2D eigenvalue weighted by molar-refractivity contribution is 7.89. The van der Waals surface area contributed by atoms with Gasteiger partial charge in [0.2, 0.25) is 10.0 Å². The molecule has 1 aliphatic rings. The monoisotopic (exact) mass is 335 g/mol. The van der Waals surface area contributed by atoms with Crippen molar-refractivity contribution >= 4 is 28.1 Å². The van der Waals surface area contributed by atoms with Crippen LogP contribution in [0.25, 0.3) is 0 Å². The van der Waals surface area contributed by atoms with Gasteiger partial charge in [0, 0.05) is 31.3 Å². The Hall–Kier alpha value is -1.22. The molecule has 118 valence electrons. The van der Waals surface area contributed by atoms with Crippen LogP contribution in [0.2, 0.25) is 0 Å². The Morgan fingerprint density at radius 1 is 1.38 bits per heavy atom. The highest BCUT2D eigenvalue weighted by Crippen LogP contribution is 2.29. The largest absolute Gasteiger partial charge is 0.326 e. The minimum Gasteiger partial charge on any atom is -0.326 e. The maximum absolute atomic E-state index is 12.6. The van der Waals surface area contributed by atoms with E-state index in [-0.39, 0.29) is 35.6 Å². The lowest BCUT2D eigenvalue weighted by molar-refractivity contribution is -0.385. The molecule has 0 saturated carbocycles. The second-order valence-corrected chi connectivity index (χ2v) is 6.96. The van der Waals surface area contributed by atoms with E-state index in [1.54, 1.807) is 13.8 Å². The maximum Gasteiger partial charge on any atom is 0.271 e. The van der Waals surface area contributed by atoms with Crippen molar-refractivity contribution in [2.45, 2.75) is 31.2 Å². The lowest BCUT2D eigenvalue weighted by Gasteiger charge is -2.18. The zero-order valence-electron chi connectivity index (χ0n) is 11.8. The zero-order valence-corrected chi connectivity index (χ0v) is 13.4. The number of nitrogens with two attached hydrogens (primary N) is 1. The number of sulfonamides is 1. The maximum atomic E-state index is 12.6. The number of benzene rings is 1. The van der Waals surface area contributed by atoms with E-state index in [2.05, 4.69) is 0 Å². The average molecular weight is 336 g/mol. The molecule has 1 fully saturated rings. The van der Waals surface area contributed by atoms with Crippen LogP contribution < -0.4 is 5.73 Å². The summed E-state index contributed by atoms with van der Waals surface area (Å²) in [7, 11) is -3.73. The van der Waals surface area contributed by atoms with Gasteiger partial charge in [0.1, 0.15) is 0 Å². The molecule has 21 heavy (non-hydrogen) atoms. The molecule has 7 nitrogen and oxygen atoms in total. The standard InChI is InChI=1S/C12H17N3O4S.ClH/c1-8-5-11(15(16)17)6-12(9(8)2)20(18,19)14-4-3-10(13)7-14;/h5-6,10H,3-4,7,13H2,1-2H3;1H. The van der Waals surface area contributed by atoms with E-state index >= 15 is 0 Å². The van der Waals surface area contributed by atoms with Crippen molar-refractivity contribution in [3.63, 3.8) is 0 Å². The topological polar surface area (TPSA) is 107 Å². The zero-order chi connectivity index (χ0) is 15.1. The fourth-order valence-electron chi connectivity index (χ4n) is 2.29. The van der Waals surface area contributed by atoms with Crippen LogP contribution in [-0.4, -0.2) is 36.8 Å². The molecule has 1 aromatic carbocycles. The van der Waals surface area contributed by atoms with E-state index in [0.29, 0.717) is 24.1 Å². The van der Waals surface area contributed by atoms with Gasteiger partial charge in [-0.3, -0.25) is 10.1 Å². The molecule has 2 N–H and O–H groups in total. The molecular formula is C12H18ClN3O4S. The van der Waals surface area contributed by atoms with Gasteiger partial charge >= 0.3 is 0 Å². The Kier molecular flexibility index (Phi) is 5.32. The lowest BCUT2D eigenvalue weighted by atomic mass is 10.1. The van der Waals surface area contributed by atoms with Gasteiger partial charge in [-0.1, -0.05) is 0 Å². The van der Waals surface area contributed by atoms with Crippen molar-refractivity contribution in [2.24, 2.45) is 5.73 Å². The SMILES string of the molecule is Cc1cc([N+](=O)[O-])cc(S(=O)(=O)N2CCC(N)C2)c1C.Cl. The molecule has 1 saturated heterocycles. The van der Waals surface area contributed by atoms with Crippen LogP contribution in [0.3, 0.4) is 0 Å². The Bertz CT molecular complexity index is 663. The predicted molar refractivity (Wildman–Crippen MR) is 81.2 cm³/mol. The van der Waals surface area contributed by atoms with Gasteiger partial charge in [-0.25, -0.2) is 8.42 Å². The summed E-state index contributed by atoms with van der Waals surface area (Å²) in [6, 6.07) is 2.33. The first-order chi connectivity index (χ1) is 9.23. The van der Waals surface area contributed by atoms with Gasteiger partial charge in [-0.2, -0.15) is 4.31 Å². The van der Waals surface area contributed by atoms with Crippen LogP contribution in [0.4, 0.5) is 5.69 Å². The van der Waals surface area contributed by atoms with Gasteiger partial charge in [0.25, 0.3) is 5.69 Å². The van der Waals surface area contributed by atoms with Crippen molar-refractivity contribution in [3.05, 3.63) is 33.4 Å². The quantitative estimate of drug-likeness (QED) is 0.663. The summed E-state index contributed by atoms with van der Waals surface area (Å²) >= 11 is 0. The summed E-state index contributed by atoms with van der Waals surface area (Å²) < 4.78 is 26.4. The molecule has 1 aliphatic heterocycles. The second kappa shape index (κ2) is 6.27. The number of halogens is 1. The normalized spacial score (nSPS) is 19.3. The molecule has 0 aromatic heterocycles. The van der Waals surface area contributed by atoms with E-state index in [4.69, 9.17) is 5.73 Å². The van der Waals surface area contributed by atoms with E-state index in [1.165, 1.54) is 10.4 Å². The molecule has 0 bridgehead atoms. The molecule has 0 spiro atoms. The number of hydrogen-bond donors (Lipinski definition) is 1. The summed E-state index contributed by atoms with van der Waals surface area (Å²) in [6.07, 6.45) is 0.603. The van der Waals surface area contributed by atoms with Crippen molar-refractivity contribution in [1.29, 1.82) is 0 Å². The fraction of sp³-hybridized carbons (Fsp3) is 0.500. The minimum absolute atomic E-state index is 0. The van der Waals surface area contributed by atoms with Crippen LogP contribution in [0.1, 0.15) is 17.5 Å². The van der Waals surface area contributed by atoms with E-state index < -0.39 is 14.9 Å². The van der Waals surface area contributed by atoms with E-state index in [1.807, 2.05) is 0 Å². The van der Waals surface area contributed by atoms with Crippen molar-refractivity contribution in [2.75, 3.05) is 13.1 Å². The third kappa shape index (κ3) is 3.34. The molecule has 0 radical (unpaired) electrons. The molecule has 1 heterocycles. The smallest absolute Gasteiger partial charge is 0.271 e. The van der Waals surface area contributed by atoms with E-state index in [0.717, 1.165) is 6.07 Å². The third-order valence-electron chi connectivity index (χ3n) is 3.62. The highest BCUT2D eigenvalue weighted by atomic mass is 35.5. The first kappa shape index (κ1) is 17.8. The van der Waals surface area contributed by atoms with Gasteiger partial charge in [-0.05, 0) is 31.4 Å². The molecule has 1 atom stereocenters. The molecule has 0 amide bonds. The highest BCUT2D eigenvalue weighted by Gasteiger charge is 2.33. The number of non-ortho nitro benzene ring substituents is 1. The van der Waals surface area contributed by atoms with Crippen molar-refractivity contribution in [3.8, 4) is 0 Å². The molecule has 9 heteroatoms. The van der Waals surface area contributed by atoms with Crippen LogP contribution in [0, 0.1) is 24.0 Å². The number of rotatable bonds is 3. The Balaban J connectivity index is 0.00000220. The van der Waals surface area contributed by atoms with Crippen molar-refractivity contribution < 1.29 is 13.3 Å². The fourth-order valence-corrected chi connectivity index (χ4v) is 4.12. The van der Waals surface area contributed by atoms with Gasteiger partial charge in [0.15, 0.2) is 0 Å². The molecule has 1 aromatic rings. The third-order valence-corrected chi connectivity index (χ3v) is 5.61. The van der Waals surface area contributed by atoms with E-state index in [9.17, 15) is 18.5 Å². The van der Waals surface area contributed by atoms with Crippen LogP contribution >= 0.6 is 12.4 Å². The summed E-state index contributed by atoms with van der Waals surface area (Å²) in [5.41, 5.74) is 6.64. The average Bonchev–Trinajstić information content (AvgIpc) is 2.79. The summed E-state index contributed by atoms with van der Waals surface area (Å²) in [6.45, 7) is 3.92. The minimum atomic E-state index is -3.73. The number of aryl methyl sites for hydroxylation is 1. The molecule has 1 unspecified atom stereocenters. The van der Waals surface area contributed by atoms with Crippen LogP contribution in [0.15, 0.2) is 17.0 Å². The van der Waals surface area contributed by atoms with Gasteiger partial charge < -0.3 is 5.73 Å². The second-order valence-electron chi connectivity index (χ2n) is 5.05. The number of nitro groups is 1. The summed E-state index contributed by atoms with van der Waals surface area (Å²) in [5, 5.41) is 10.9. The molecule has 2 rings (SSSR count). The number of nitro benzene ring substituents is 1. The van der Waals surface area contributed by atoms with Gasteiger partial charge in [-0.15, -0.1) is 12.4 Å².